The Hall–Kier alpha value is -2.47. The van der Waals surface area contributed by atoms with Gasteiger partial charge in [0.25, 0.3) is 0 Å². The highest BCUT2D eigenvalue weighted by molar-refractivity contribution is 5.81. The molecule has 6 nitrogen and oxygen atoms in total. The molecule has 30 heavy (non-hydrogen) atoms. The summed E-state index contributed by atoms with van der Waals surface area (Å²) >= 11 is 0. The van der Waals surface area contributed by atoms with Crippen LogP contribution >= 0.6 is 0 Å². The van der Waals surface area contributed by atoms with Crippen molar-refractivity contribution in [2.45, 2.75) is 38.6 Å². The van der Waals surface area contributed by atoms with E-state index in [1.807, 2.05) is 11.0 Å². The summed E-state index contributed by atoms with van der Waals surface area (Å²) in [5.41, 5.74) is 1.43. The smallest absolute Gasteiger partial charge is 0.239 e. The zero-order chi connectivity index (χ0) is 20.8. The van der Waals surface area contributed by atoms with Crippen LogP contribution in [0.3, 0.4) is 0 Å². The fourth-order valence-electron chi connectivity index (χ4n) is 4.65. The topological polar surface area (TPSA) is 52.6 Å². The van der Waals surface area contributed by atoms with E-state index in [4.69, 9.17) is 0 Å². The van der Waals surface area contributed by atoms with Gasteiger partial charge >= 0.3 is 0 Å². The Balaban J connectivity index is 1.20. The molecular weight excluding hydrogens is 374 g/mol. The molecular formula is C24H33N5O. The summed E-state index contributed by atoms with van der Waals surface area (Å²) in [6.45, 7) is 7.23. The van der Waals surface area contributed by atoms with Gasteiger partial charge in [-0.3, -0.25) is 9.69 Å². The largest absolute Gasteiger partial charge is 0.338 e. The lowest BCUT2D eigenvalue weighted by molar-refractivity contribution is -0.137. The standard InChI is InChI=1S/C24H33N5O/c1-20(23(30)28-16-18-29(19-17-28)24-25-12-5-13-26-24)27-14-10-22(11-15-27)9-8-21-6-3-2-4-7-21/h2-7,12-13,20,22H,8-11,14-19H2,1H3. The van der Waals surface area contributed by atoms with E-state index in [2.05, 4.69) is 57.0 Å². The Morgan fingerprint density at radius 3 is 2.30 bits per heavy atom. The molecule has 3 heterocycles. The fourth-order valence-corrected chi connectivity index (χ4v) is 4.65. The highest BCUT2D eigenvalue weighted by Crippen LogP contribution is 2.24. The Labute approximate surface area is 179 Å². The molecule has 160 valence electrons. The predicted octanol–water partition coefficient (Wildman–Crippen LogP) is 2.86. The van der Waals surface area contributed by atoms with Crippen LogP contribution in [0.4, 0.5) is 5.95 Å². The van der Waals surface area contributed by atoms with Crippen LogP contribution in [0.1, 0.15) is 31.7 Å². The van der Waals surface area contributed by atoms with E-state index in [1.165, 1.54) is 24.8 Å². The number of aryl methyl sites for hydroxylation is 1. The fraction of sp³-hybridized carbons (Fsp3) is 0.542. The molecule has 0 saturated carbocycles. The minimum atomic E-state index is -0.0281. The summed E-state index contributed by atoms with van der Waals surface area (Å²) in [6.07, 6.45) is 8.35. The average Bonchev–Trinajstić information content (AvgIpc) is 2.83. The first-order chi connectivity index (χ1) is 14.7. The van der Waals surface area contributed by atoms with Crippen molar-refractivity contribution in [3.05, 3.63) is 54.4 Å². The maximum Gasteiger partial charge on any atom is 0.239 e. The zero-order valence-electron chi connectivity index (χ0n) is 18.0. The summed E-state index contributed by atoms with van der Waals surface area (Å²) in [7, 11) is 0. The van der Waals surface area contributed by atoms with Crippen LogP contribution in [-0.2, 0) is 11.2 Å². The van der Waals surface area contributed by atoms with Crippen molar-refractivity contribution in [3.63, 3.8) is 0 Å². The number of nitrogens with zero attached hydrogens (tertiary/aromatic N) is 5. The van der Waals surface area contributed by atoms with Crippen LogP contribution in [-0.4, -0.2) is 71.0 Å². The van der Waals surface area contributed by atoms with Gasteiger partial charge in [-0.1, -0.05) is 30.3 Å². The number of amides is 1. The number of likely N-dealkylation sites (tertiary alicyclic amines) is 1. The van der Waals surface area contributed by atoms with Crippen LogP contribution in [0, 0.1) is 5.92 Å². The minimum absolute atomic E-state index is 0.0281. The monoisotopic (exact) mass is 407 g/mol. The summed E-state index contributed by atoms with van der Waals surface area (Å²) in [5.74, 6) is 1.81. The molecule has 2 saturated heterocycles. The van der Waals surface area contributed by atoms with Gasteiger partial charge in [0.15, 0.2) is 0 Å². The van der Waals surface area contributed by atoms with Crippen molar-refractivity contribution in [1.29, 1.82) is 0 Å². The first kappa shape index (κ1) is 20.8. The van der Waals surface area contributed by atoms with Gasteiger partial charge in [0.2, 0.25) is 11.9 Å². The quantitative estimate of drug-likeness (QED) is 0.737. The first-order valence-corrected chi connectivity index (χ1v) is 11.3. The molecule has 0 aliphatic carbocycles. The van der Waals surface area contributed by atoms with Gasteiger partial charge in [-0.2, -0.15) is 0 Å². The SMILES string of the molecule is CC(C(=O)N1CCN(c2ncccn2)CC1)N1CCC(CCc2ccccc2)CC1. The predicted molar refractivity (Wildman–Crippen MR) is 119 cm³/mol. The number of piperazine rings is 1. The Kier molecular flexibility index (Phi) is 6.95. The zero-order valence-corrected chi connectivity index (χ0v) is 18.0. The number of rotatable bonds is 6. The molecule has 6 heteroatoms. The number of hydrogen-bond donors (Lipinski definition) is 0. The molecule has 1 atom stereocenters. The van der Waals surface area contributed by atoms with Crippen LogP contribution in [0.15, 0.2) is 48.8 Å². The molecule has 0 spiro atoms. The van der Waals surface area contributed by atoms with Gasteiger partial charge in [0.1, 0.15) is 0 Å². The summed E-state index contributed by atoms with van der Waals surface area (Å²) in [6, 6.07) is 12.6. The Bertz CT molecular complexity index is 784. The molecule has 1 aromatic carbocycles. The van der Waals surface area contributed by atoms with E-state index in [0.717, 1.165) is 57.6 Å². The highest BCUT2D eigenvalue weighted by atomic mass is 16.2. The highest BCUT2D eigenvalue weighted by Gasteiger charge is 2.31. The van der Waals surface area contributed by atoms with E-state index in [9.17, 15) is 4.79 Å². The maximum atomic E-state index is 13.1. The number of hydrogen-bond acceptors (Lipinski definition) is 5. The lowest BCUT2D eigenvalue weighted by atomic mass is 9.90. The average molecular weight is 408 g/mol. The minimum Gasteiger partial charge on any atom is -0.338 e. The number of piperidine rings is 1. The molecule has 2 fully saturated rings. The van der Waals surface area contributed by atoms with Gasteiger partial charge in [0, 0.05) is 38.6 Å². The van der Waals surface area contributed by atoms with Crippen molar-refractivity contribution in [3.8, 4) is 0 Å². The van der Waals surface area contributed by atoms with E-state index >= 15 is 0 Å². The summed E-state index contributed by atoms with van der Waals surface area (Å²) in [5, 5.41) is 0. The van der Waals surface area contributed by atoms with Crippen molar-refractivity contribution in [2.75, 3.05) is 44.2 Å². The lowest BCUT2D eigenvalue weighted by Gasteiger charge is -2.40. The van der Waals surface area contributed by atoms with Crippen LogP contribution in [0.2, 0.25) is 0 Å². The normalized spacial score (nSPS) is 19.6. The van der Waals surface area contributed by atoms with Crippen LogP contribution < -0.4 is 4.90 Å². The number of carbonyl (C=O) groups is 1. The molecule has 2 aliphatic heterocycles. The van der Waals surface area contributed by atoms with Gasteiger partial charge in [0.05, 0.1) is 6.04 Å². The number of benzene rings is 1. The van der Waals surface area contributed by atoms with Gasteiger partial charge in [-0.25, -0.2) is 9.97 Å². The molecule has 4 rings (SSSR count). The molecule has 1 aromatic heterocycles. The number of aromatic nitrogens is 2. The van der Waals surface area contributed by atoms with Crippen molar-refractivity contribution in [1.82, 2.24) is 19.8 Å². The Morgan fingerprint density at radius 1 is 0.967 bits per heavy atom. The second kappa shape index (κ2) is 10.0. The van der Waals surface area contributed by atoms with Gasteiger partial charge in [-0.15, -0.1) is 0 Å². The first-order valence-electron chi connectivity index (χ1n) is 11.3. The van der Waals surface area contributed by atoms with Gasteiger partial charge < -0.3 is 9.80 Å². The molecule has 1 amide bonds. The maximum absolute atomic E-state index is 13.1. The second-order valence-corrected chi connectivity index (χ2v) is 8.54. The van der Waals surface area contributed by atoms with Gasteiger partial charge in [-0.05, 0) is 63.2 Å². The van der Waals surface area contributed by atoms with E-state index in [0.29, 0.717) is 0 Å². The van der Waals surface area contributed by atoms with E-state index in [1.54, 1.807) is 12.4 Å². The molecule has 2 aliphatic rings. The number of carbonyl (C=O) groups excluding carboxylic acids is 1. The summed E-state index contributed by atoms with van der Waals surface area (Å²) < 4.78 is 0. The Morgan fingerprint density at radius 2 is 1.63 bits per heavy atom. The molecule has 0 bridgehead atoms. The van der Waals surface area contributed by atoms with E-state index < -0.39 is 0 Å². The molecule has 0 radical (unpaired) electrons. The van der Waals surface area contributed by atoms with Crippen LogP contribution in [0.25, 0.3) is 0 Å². The van der Waals surface area contributed by atoms with Crippen LogP contribution in [0.5, 0.6) is 0 Å². The van der Waals surface area contributed by atoms with Crippen molar-refractivity contribution < 1.29 is 4.79 Å². The lowest BCUT2D eigenvalue weighted by Crippen LogP contribution is -2.55. The molecule has 0 N–H and O–H groups in total. The number of anilines is 1. The third-order valence-corrected chi connectivity index (χ3v) is 6.66. The molecule has 1 unspecified atom stereocenters. The third-order valence-electron chi connectivity index (χ3n) is 6.66. The van der Waals surface area contributed by atoms with Crippen molar-refractivity contribution >= 4 is 11.9 Å². The van der Waals surface area contributed by atoms with E-state index in [-0.39, 0.29) is 11.9 Å². The molecule has 2 aromatic rings. The second-order valence-electron chi connectivity index (χ2n) is 8.54. The third kappa shape index (κ3) is 5.17. The van der Waals surface area contributed by atoms with Crippen molar-refractivity contribution in [2.24, 2.45) is 5.92 Å². The summed E-state index contributed by atoms with van der Waals surface area (Å²) in [4.78, 5) is 28.3.